The van der Waals surface area contributed by atoms with E-state index in [1.807, 2.05) is 12.2 Å². The number of nitrogens with one attached hydrogen (secondary N) is 1. The summed E-state index contributed by atoms with van der Waals surface area (Å²) >= 11 is 5.57. The van der Waals surface area contributed by atoms with Gasteiger partial charge in [0, 0.05) is 12.6 Å². The van der Waals surface area contributed by atoms with Gasteiger partial charge in [0.05, 0.1) is 5.02 Å². The smallest absolute Gasteiger partial charge is 0.142 e. The molecule has 15 heavy (non-hydrogen) atoms. The van der Waals surface area contributed by atoms with Crippen molar-refractivity contribution < 1.29 is 4.39 Å². The molecule has 0 aliphatic heterocycles. The molecule has 0 atom stereocenters. The van der Waals surface area contributed by atoms with Crippen molar-refractivity contribution >= 4 is 17.7 Å². The number of benzene rings is 1. The fraction of sp³-hybridized carbons (Fsp3) is 0.333. The summed E-state index contributed by atoms with van der Waals surface area (Å²) in [6.45, 7) is 4.94. The largest absolute Gasteiger partial charge is 0.311 e. The number of halogens is 2. The minimum Gasteiger partial charge on any atom is -0.311 e. The lowest BCUT2D eigenvalue weighted by Gasteiger charge is -2.03. The first-order chi connectivity index (χ1) is 7.09. The molecule has 1 rings (SSSR count). The minimum absolute atomic E-state index is 0.160. The molecular weight excluding hydrogens is 213 g/mol. The van der Waals surface area contributed by atoms with Crippen LogP contribution in [0.25, 0.3) is 6.08 Å². The molecule has 1 aromatic carbocycles. The van der Waals surface area contributed by atoms with E-state index in [1.165, 1.54) is 6.07 Å². The van der Waals surface area contributed by atoms with Gasteiger partial charge in [-0.3, -0.25) is 0 Å². The second kappa shape index (κ2) is 5.89. The van der Waals surface area contributed by atoms with Crippen molar-refractivity contribution in [1.82, 2.24) is 5.32 Å². The summed E-state index contributed by atoms with van der Waals surface area (Å²) in [5, 5.41) is 3.39. The SMILES string of the molecule is CC(C)NCC=Cc1ccc(Cl)c(F)c1. The molecule has 1 nitrogen and oxygen atoms in total. The van der Waals surface area contributed by atoms with Gasteiger partial charge in [-0.1, -0.05) is 43.7 Å². The van der Waals surface area contributed by atoms with Crippen LogP contribution in [0.3, 0.4) is 0 Å². The molecule has 0 aliphatic rings. The van der Waals surface area contributed by atoms with E-state index < -0.39 is 0 Å². The predicted molar refractivity (Wildman–Crippen MR) is 63.6 cm³/mol. The lowest BCUT2D eigenvalue weighted by atomic mass is 10.2. The monoisotopic (exact) mass is 227 g/mol. The van der Waals surface area contributed by atoms with Gasteiger partial charge < -0.3 is 5.32 Å². The number of rotatable bonds is 4. The summed E-state index contributed by atoms with van der Waals surface area (Å²) in [5.74, 6) is -0.379. The van der Waals surface area contributed by atoms with E-state index in [4.69, 9.17) is 11.6 Å². The van der Waals surface area contributed by atoms with E-state index in [1.54, 1.807) is 12.1 Å². The molecule has 0 unspecified atom stereocenters. The highest BCUT2D eigenvalue weighted by atomic mass is 35.5. The fourth-order valence-corrected chi connectivity index (χ4v) is 1.23. The zero-order valence-corrected chi connectivity index (χ0v) is 9.68. The number of hydrogen-bond acceptors (Lipinski definition) is 1. The topological polar surface area (TPSA) is 12.0 Å². The molecule has 0 radical (unpaired) electrons. The highest BCUT2D eigenvalue weighted by molar-refractivity contribution is 6.30. The molecule has 0 saturated heterocycles. The van der Waals surface area contributed by atoms with Crippen molar-refractivity contribution in [2.45, 2.75) is 19.9 Å². The molecule has 0 amide bonds. The van der Waals surface area contributed by atoms with Crippen molar-refractivity contribution in [3.05, 3.63) is 40.7 Å². The highest BCUT2D eigenvalue weighted by Crippen LogP contribution is 2.16. The molecule has 0 aromatic heterocycles. The molecule has 0 saturated carbocycles. The molecule has 1 aromatic rings. The van der Waals surface area contributed by atoms with Crippen LogP contribution in [0.5, 0.6) is 0 Å². The van der Waals surface area contributed by atoms with Crippen LogP contribution in [0, 0.1) is 5.82 Å². The Balaban J connectivity index is 2.53. The van der Waals surface area contributed by atoms with Crippen molar-refractivity contribution in [2.75, 3.05) is 6.54 Å². The summed E-state index contributed by atoms with van der Waals surface area (Å²) in [6.07, 6.45) is 3.83. The Kier molecular flexibility index (Phi) is 4.79. The summed E-state index contributed by atoms with van der Waals surface area (Å²) in [5.41, 5.74) is 0.822. The van der Waals surface area contributed by atoms with Gasteiger partial charge in [-0.2, -0.15) is 0 Å². The predicted octanol–water partition coefficient (Wildman–Crippen LogP) is 3.49. The van der Waals surface area contributed by atoms with Crippen molar-refractivity contribution in [1.29, 1.82) is 0 Å². The Morgan fingerprint density at radius 1 is 1.47 bits per heavy atom. The standard InChI is InChI=1S/C12H15ClFN/c1-9(2)15-7-3-4-10-5-6-11(13)12(14)8-10/h3-6,8-9,15H,7H2,1-2H3. The second-order valence-electron chi connectivity index (χ2n) is 3.64. The van der Waals surface area contributed by atoms with Crippen LogP contribution in [0.2, 0.25) is 5.02 Å². The summed E-state index contributed by atoms with van der Waals surface area (Å²) in [7, 11) is 0. The Morgan fingerprint density at radius 3 is 2.80 bits per heavy atom. The molecule has 0 fully saturated rings. The third-order valence-corrected chi connectivity index (χ3v) is 2.20. The lowest BCUT2D eigenvalue weighted by molar-refractivity contribution is 0.627. The number of hydrogen-bond donors (Lipinski definition) is 1. The second-order valence-corrected chi connectivity index (χ2v) is 4.05. The molecule has 0 aliphatic carbocycles. The Hall–Kier alpha value is -0.860. The van der Waals surface area contributed by atoms with Crippen molar-refractivity contribution in [3.63, 3.8) is 0 Å². The van der Waals surface area contributed by atoms with E-state index in [9.17, 15) is 4.39 Å². The maximum absolute atomic E-state index is 13.0. The van der Waals surface area contributed by atoms with E-state index in [2.05, 4.69) is 19.2 Å². The van der Waals surface area contributed by atoms with Gasteiger partial charge in [0.15, 0.2) is 0 Å². The molecular formula is C12H15ClFN. The van der Waals surface area contributed by atoms with E-state index >= 15 is 0 Å². The van der Waals surface area contributed by atoms with E-state index in [-0.39, 0.29) is 10.8 Å². The van der Waals surface area contributed by atoms with Gasteiger partial charge in [-0.25, -0.2) is 4.39 Å². The molecule has 3 heteroatoms. The molecule has 1 N–H and O–H groups in total. The van der Waals surface area contributed by atoms with Crippen molar-refractivity contribution in [2.24, 2.45) is 0 Å². The first-order valence-corrected chi connectivity index (χ1v) is 5.32. The lowest BCUT2D eigenvalue weighted by Crippen LogP contribution is -2.22. The van der Waals surface area contributed by atoms with Gasteiger partial charge >= 0.3 is 0 Å². The first-order valence-electron chi connectivity index (χ1n) is 4.94. The minimum atomic E-state index is -0.379. The normalized spacial score (nSPS) is 11.5. The quantitative estimate of drug-likeness (QED) is 0.831. The fourth-order valence-electron chi connectivity index (χ4n) is 1.11. The molecule has 0 bridgehead atoms. The summed E-state index contributed by atoms with van der Waals surface area (Å²) < 4.78 is 13.0. The van der Waals surface area contributed by atoms with Crippen LogP contribution >= 0.6 is 11.6 Å². The van der Waals surface area contributed by atoms with E-state index in [0.29, 0.717) is 6.04 Å². The van der Waals surface area contributed by atoms with Gasteiger partial charge in [-0.15, -0.1) is 0 Å². The molecule has 0 spiro atoms. The van der Waals surface area contributed by atoms with Crippen LogP contribution in [0.15, 0.2) is 24.3 Å². The van der Waals surface area contributed by atoms with Crippen LogP contribution in [0.4, 0.5) is 4.39 Å². The first kappa shape index (κ1) is 12.2. The average Bonchev–Trinajstić information content (AvgIpc) is 2.18. The Labute approximate surface area is 95.0 Å². The third kappa shape index (κ3) is 4.45. The van der Waals surface area contributed by atoms with Crippen LogP contribution in [-0.4, -0.2) is 12.6 Å². The Morgan fingerprint density at radius 2 is 2.20 bits per heavy atom. The zero-order valence-electron chi connectivity index (χ0n) is 8.93. The van der Waals surface area contributed by atoms with Gasteiger partial charge in [0.2, 0.25) is 0 Å². The maximum Gasteiger partial charge on any atom is 0.142 e. The average molecular weight is 228 g/mol. The maximum atomic E-state index is 13.0. The van der Waals surface area contributed by atoms with Crippen LogP contribution in [-0.2, 0) is 0 Å². The van der Waals surface area contributed by atoms with Crippen LogP contribution in [0.1, 0.15) is 19.4 Å². The molecule has 82 valence electrons. The zero-order chi connectivity index (χ0) is 11.3. The van der Waals surface area contributed by atoms with Gasteiger partial charge in [0.25, 0.3) is 0 Å². The Bertz CT molecular complexity index is 347. The van der Waals surface area contributed by atoms with Gasteiger partial charge in [0.1, 0.15) is 5.82 Å². The van der Waals surface area contributed by atoms with Crippen molar-refractivity contribution in [3.8, 4) is 0 Å². The summed E-state index contributed by atoms with van der Waals surface area (Å²) in [4.78, 5) is 0. The summed E-state index contributed by atoms with van der Waals surface area (Å²) in [6, 6.07) is 5.23. The molecule has 0 heterocycles. The third-order valence-electron chi connectivity index (χ3n) is 1.90. The van der Waals surface area contributed by atoms with E-state index in [0.717, 1.165) is 12.1 Å². The van der Waals surface area contributed by atoms with Gasteiger partial charge in [-0.05, 0) is 17.7 Å². The van der Waals surface area contributed by atoms with Crippen LogP contribution < -0.4 is 5.32 Å². The highest BCUT2D eigenvalue weighted by Gasteiger charge is 1.97.